The Morgan fingerprint density at radius 1 is 1.12 bits per heavy atom. The van der Waals surface area contributed by atoms with Gasteiger partial charge in [-0.3, -0.25) is 4.79 Å². The number of aryl methyl sites for hydroxylation is 1. The van der Waals surface area contributed by atoms with Crippen LogP contribution in [-0.4, -0.2) is 27.4 Å². The lowest BCUT2D eigenvalue weighted by Crippen LogP contribution is -2.42. The Bertz CT molecular complexity index is 866. The lowest BCUT2D eigenvalue weighted by atomic mass is 10.0. The molecule has 1 aliphatic rings. The Morgan fingerprint density at radius 3 is 2.60 bits per heavy atom. The second-order valence-corrected chi connectivity index (χ2v) is 8.23. The molecule has 132 valence electrons. The molecule has 0 fully saturated rings. The Balaban J connectivity index is 1.63. The van der Waals surface area contributed by atoms with Gasteiger partial charge in [-0.2, -0.15) is 0 Å². The van der Waals surface area contributed by atoms with Crippen molar-refractivity contribution in [3.8, 4) is 0 Å². The molecule has 1 N–H and O–H groups in total. The van der Waals surface area contributed by atoms with E-state index in [0.29, 0.717) is 17.1 Å². The van der Waals surface area contributed by atoms with Crippen LogP contribution in [0.5, 0.6) is 0 Å². The molecule has 0 aliphatic carbocycles. The van der Waals surface area contributed by atoms with Crippen LogP contribution in [0, 0.1) is 0 Å². The van der Waals surface area contributed by atoms with Crippen LogP contribution in [0.15, 0.2) is 48.5 Å². The van der Waals surface area contributed by atoms with Crippen LogP contribution in [0.25, 0.3) is 0 Å². The van der Waals surface area contributed by atoms with Gasteiger partial charge in [0.1, 0.15) is 0 Å². The van der Waals surface area contributed by atoms with Gasteiger partial charge in [0.15, 0.2) is 0 Å². The lowest BCUT2D eigenvalue weighted by Gasteiger charge is -2.29. The number of fused-ring (bicyclic) bond motifs is 1. The van der Waals surface area contributed by atoms with E-state index in [1.807, 2.05) is 24.3 Å². The Kier molecular flexibility index (Phi) is 5.42. The second kappa shape index (κ2) is 7.56. The summed E-state index contributed by atoms with van der Waals surface area (Å²) in [5.74, 6) is -0.430. The molecule has 1 heterocycles. The first kappa shape index (κ1) is 17.9. The number of carbonyl (C=O) groups is 1. The first-order valence-corrected chi connectivity index (χ1v) is 10.1. The zero-order valence-corrected chi connectivity index (χ0v) is 15.2. The fourth-order valence-corrected chi connectivity index (χ4v) is 4.11. The molecule has 25 heavy (non-hydrogen) atoms. The number of nitrogens with one attached hydrogen (secondary N) is 1. The Hall–Kier alpha value is -1.89. The Morgan fingerprint density at radius 2 is 1.84 bits per heavy atom. The van der Waals surface area contributed by atoms with Gasteiger partial charge >= 0.3 is 0 Å². The number of hydrogen-bond donors (Lipinski definition) is 1. The molecular weight excluding hydrogens is 360 g/mol. The van der Waals surface area contributed by atoms with Crippen molar-refractivity contribution in [1.29, 1.82) is 0 Å². The van der Waals surface area contributed by atoms with Gasteiger partial charge in [-0.15, -0.1) is 0 Å². The monoisotopic (exact) mass is 378 g/mol. The van der Waals surface area contributed by atoms with E-state index in [0.717, 1.165) is 24.1 Å². The van der Waals surface area contributed by atoms with E-state index in [2.05, 4.69) is 4.72 Å². The molecule has 3 rings (SSSR count). The maximum atomic E-state index is 12.5. The van der Waals surface area contributed by atoms with Crippen molar-refractivity contribution >= 4 is 33.2 Å². The van der Waals surface area contributed by atoms with E-state index in [4.69, 9.17) is 11.6 Å². The van der Waals surface area contributed by atoms with E-state index in [9.17, 15) is 13.2 Å². The number of rotatable bonds is 5. The molecule has 7 heteroatoms. The standard InChI is InChI=1S/C18H19ClN2O3S/c19-16-9-7-14(8-10-16)13-25(23,24)20-12-18(22)21-11-3-5-15-4-1-2-6-17(15)21/h1-2,4,6-10,20H,3,5,11-13H2. The van der Waals surface area contributed by atoms with E-state index in [1.54, 1.807) is 29.2 Å². The number of halogens is 1. The molecule has 0 saturated heterocycles. The number of para-hydroxylation sites is 1. The average molecular weight is 379 g/mol. The third-order valence-corrected chi connectivity index (χ3v) is 5.67. The van der Waals surface area contributed by atoms with E-state index in [-0.39, 0.29) is 18.2 Å². The fraction of sp³-hybridized carbons (Fsp3) is 0.278. The number of benzene rings is 2. The maximum Gasteiger partial charge on any atom is 0.242 e. The molecule has 5 nitrogen and oxygen atoms in total. The van der Waals surface area contributed by atoms with Gasteiger partial charge in [0.25, 0.3) is 0 Å². The normalized spacial score (nSPS) is 14.2. The predicted molar refractivity (Wildman–Crippen MR) is 99.2 cm³/mol. The molecule has 2 aromatic carbocycles. The summed E-state index contributed by atoms with van der Waals surface area (Å²) >= 11 is 5.80. The van der Waals surface area contributed by atoms with Crippen molar-refractivity contribution in [3.63, 3.8) is 0 Å². The molecule has 0 atom stereocenters. The average Bonchev–Trinajstić information content (AvgIpc) is 2.61. The van der Waals surface area contributed by atoms with E-state index >= 15 is 0 Å². The van der Waals surface area contributed by atoms with Crippen molar-refractivity contribution in [2.45, 2.75) is 18.6 Å². The van der Waals surface area contributed by atoms with E-state index < -0.39 is 10.0 Å². The fourth-order valence-electron chi connectivity index (χ4n) is 2.91. The highest BCUT2D eigenvalue weighted by Gasteiger charge is 2.23. The molecule has 0 bridgehead atoms. The minimum absolute atomic E-state index is 0.186. The zero-order chi connectivity index (χ0) is 17.9. The van der Waals surface area contributed by atoms with Crippen LogP contribution in [0.2, 0.25) is 5.02 Å². The van der Waals surface area contributed by atoms with Crippen LogP contribution in [-0.2, 0) is 27.0 Å². The molecule has 0 aromatic heterocycles. The van der Waals surface area contributed by atoms with Crippen LogP contribution in [0.4, 0.5) is 5.69 Å². The number of sulfonamides is 1. The molecule has 1 aliphatic heterocycles. The van der Waals surface area contributed by atoms with Gasteiger partial charge in [0, 0.05) is 17.3 Å². The van der Waals surface area contributed by atoms with E-state index in [1.165, 1.54) is 0 Å². The minimum Gasteiger partial charge on any atom is -0.311 e. The first-order chi connectivity index (χ1) is 11.9. The summed E-state index contributed by atoms with van der Waals surface area (Å²) < 4.78 is 26.8. The topological polar surface area (TPSA) is 66.5 Å². The molecule has 0 spiro atoms. The van der Waals surface area contributed by atoms with Crippen LogP contribution >= 0.6 is 11.6 Å². The number of amides is 1. The highest BCUT2D eigenvalue weighted by atomic mass is 35.5. The highest BCUT2D eigenvalue weighted by Crippen LogP contribution is 2.26. The van der Waals surface area contributed by atoms with Crippen molar-refractivity contribution in [2.24, 2.45) is 0 Å². The SMILES string of the molecule is O=C(CNS(=O)(=O)Cc1ccc(Cl)cc1)N1CCCc2ccccc21. The number of carbonyl (C=O) groups excluding carboxylic acids is 1. The van der Waals surface area contributed by atoms with Crippen molar-refractivity contribution in [1.82, 2.24) is 4.72 Å². The van der Waals surface area contributed by atoms with Crippen molar-refractivity contribution in [2.75, 3.05) is 18.0 Å². The van der Waals surface area contributed by atoms with Gasteiger partial charge in [0.05, 0.1) is 12.3 Å². The highest BCUT2D eigenvalue weighted by molar-refractivity contribution is 7.88. The van der Waals surface area contributed by atoms with Crippen LogP contribution < -0.4 is 9.62 Å². The molecule has 0 radical (unpaired) electrons. The molecule has 0 unspecified atom stereocenters. The summed E-state index contributed by atoms with van der Waals surface area (Å²) in [6, 6.07) is 14.3. The number of nitrogens with zero attached hydrogens (tertiary/aromatic N) is 1. The summed E-state index contributed by atoms with van der Waals surface area (Å²) in [5, 5.41) is 0.549. The second-order valence-electron chi connectivity index (χ2n) is 5.98. The van der Waals surface area contributed by atoms with Gasteiger partial charge in [-0.25, -0.2) is 13.1 Å². The largest absolute Gasteiger partial charge is 0.311 e. The van der Waals surface area contributed by atoms with Gasteiger partial charge in [0.2, 0.25) is 15.9 Å². The number of anilines is 1. The summed E-state index contributed by atoms with van der Waals surface area (Å²) in [7, 11) is -3.60. The maximum absolute atomic E-state index is 12.5. The number of hydrogen-bond acceptors (Lipinski definition) is 3. The third-order valence-electron chi connectivity index (χ3n) is 4.12. The van der Waals surface area contributed by atoms with Gasteiger partial charge in [-0.05, 0) is 42.2 Å². The third kappa shape index (κ3) is 4.60. The zero-order valence-electron chi connectivity index (χ0n) is 13.6. The smallest absolute Gasteiger partial charge is 0.242 e. The van der Waals surface area contributed by atoms with Gasteiger partial charge in [-0.1, -0.05) is 41.9 Å². The van der Waals surface area contributed by atoms with Gasteiger partial charge < -0.3 is 4.90 Å². The quantitative estimate of drug-likeness (QED) is 0.869. The molecular formula is C18H19ClN2O3S. The summed E-state index contributed by atoms with van der Waals surface area (Å²) in [6.07, 6.45) is 1.81. The Labute approximate surface area is 152 Å². The van der Waals surface area contributed by atoms with Crippen LogP contribution in [0.3, 0.4) is 0 Å². The van der Waals surface area contributed by atoms with Crippen molar-refractivity contribution in [3.05, 3.63) is 64.7 Å². The summed E-state index contributed by atoms with van der Waals surface area (Å²) in [6.45, 7) is 0.360. The molecule has 1 amide bonds. The summed E-state index contributed by atoms with van der Waals surface area (Å²) in [4.78, 5) is 14.1. The van der Waals surface area contributed by atoms with Crippen molar-refractivity contribution < 1.29 is 13.2 Å². The predicted octanol–water partition coefficient (Wildman–Crippen LogP) is 2.74. The molecule has 0 saturated carbocycles. The summed E-state index contributed by atoms with van der Waals surface area (Å²) in [5.41, 5.74) is 2.61. The lowest BCUT2D eigenvalue weighted by molar-refractivity contribution is -0.117. The molecule has 2 aromatic rings. The van der Waals surface area contributed by atoms with Crippen LogP contribution in [0.1, 0.15) is 17.5 Å². The minimum atomic E-state index is -3.60. The first-order valence-electron chi connectivity index (χ1n) is 8.05.